The number of fused-ring (bicyclic) bond motifs is 2. The maximum atomic E-state index is 13.1. The van der Waals surface area contributed by atoms with Crippen molar-refractivity contribution in [2.24, 2.45) is 14.1 Å². The third kappa shape index (κ3) is 3.27. The molecule has 2 bridgehead atoms. The number of halogens is 3. The minimum Gasteiger partial charge on any atom is -0.334 e. The molecule has 2 aliphatic heterocycles. The van der Waals surface area contributed by atoms with Crippen LogP contribution in [0.3, 0.4) is 0 Å². The normalized spacial score (nSPS) is 21.8. The first kappa shape index (κ1) is 18.6. The largest absolute Gasteiger partial charge is 0.435 e. The molecule has 0 aromatic carbocycles. The first-order chi connectivity index (χ1) is 13.2. The van der Waals surface area contributed by atoms with Gasteiger partial charge in [-0.1, -0.05) is 6.08 Å². The van der Waals surface area contributed by atoms with Crippen LogP contribution in [0.15, 0.2) is 24.5 Å². The number of rotatable bonds is 3. The summed E-state index contributed by atoms with van der Waals surface area (Å²) in [6, 6.07) is 1.59. The summed E-state index contributed by atoms with van der Waals surface area (Å²) in [6.45, 7) is -0.213. The van der Waals surface area contributed by atoms with Gasteiger partial charge in [-0.2, -0.15) is 23.4 Å². The lowest BCUT2D eigenvalue weighted by molar-refractivity contribution is -0.142. The van der Waals surface area contributed by atoms with Gasteiger partial charge in [0.15, 0.2) is 5.69 Å². The maximum absolute atomic E-state index is 13.1. The van der Waals surface area contributed by atoms with Crippen molar-refractivity contribution in [2.45, 2.75) is 44.1 Å². The zero-order valence-electron chi connectivity index (χ0n) is 15.6. The van der Waals surface area contributed by atoms with E-state index in [4.69, 9.17) is 0 Å². The Balaban J connectivity index is 1.47. The second-order valence-electron chi connectivity index (χ2n) is 7.27. The zero-order chi connectivity index (χ0) is 20.1. The van der Waals surface area contributed by atoms with Gasteiger partial charge < -0.3 is 10.2 Å². The predicted molar refractivity (Wildman–Crippen MR) is 94.9 cm³/mol. The van der Waals surface area contributed by atoms with Gasteiger partial charge in [-0.3, -0.25) is 9.36 Å². The van der Waals surface area contributed by atoms with Crippen LogP contribution in [0.1, 0.15) is 36.2 Å². The smallest absolute Gasteiger partial charge is 0.334 e. The van der Waals surface area contributed by atoms with Crippen molar-refractivity contribution in [3.05, 3.63) is 41.5 Å². The lowest BCUT2D eigenvalue weighted by atomic mass is 9.99. The fourth-order valence-corrected chi connectivity index (χ4v) is 4.19. The average molecular weight is 394 g/mol. The van der Waals surface area contributed by atoms with Crippen LogP contribution < -0.4 is 5.32 Å². The molecular weight excluding hydrogens is 373 g/mol. The molecule has 1 saturated heterocycles. The van der Waals surface area contributed by atoms with Gasteiger partial charge >= 0.3 is 12.2 Å². The highest BCUT2D eigenvalue weighted by Gasteiger charge is 2.41. The highest BCUT2D eigenvalue weighted by atomic mass is 19.4. The number of amides is 2. The van der Waals surface area contributed by atoms with E-state index in [0.29, 0.717) is 6.42 Å². The van der Waals surface area contributed by atoms with E-state index in [-0.39, 0.29) is 30.2 Å². The summed E-state index contributed by atoms with van der Waals surface area (Å²) in [5.41, 5.74) is 1.18. The molecule has 2 aromatic rings. The molecule has 4 rings (SSSR count). The molecule has 0 radical (unpaired) electrons. The number of aryl methyl sites for hydroxylation is 2. The topological polar surface area (TPSA) is 68.0 Å². The van der Waals surface area contributed by atoms with Gasteiger partial charge in [-0.15, -0.1) is 0 Å². The van der Waals surface area contributed by atoms with Crippen molar-refractivity contribution in [3.63, 3.8) is 0 Å². The first-order valence-corrected chi connectivity index (χ1v) is 9.09. The number of hydrogen-bond donors (Lipinski definition) is 1. The molecule has 1 fully saturated rings. The van der Waals surface area contributed by atoms with E-state index in [9.17, 15) is 18.0 Å². The number of carbonyl (C=O) groups excluding carboxylic acids is 1. The molecule has 28 heavy (non-hydrogen) atoms. The minimum absolute atomic E-state index is 0.0379. The van der Waals surface area contributed by atoms with E-state index in [1.165, 1.54) is 13.2 Å². The Labute approximate surface area is 159 Å². The molecule has 0 saturated carbocycles. The number of nitrogens with zero attached hydrogens (tertiary/aromatic N) is 5. The minimum atomic E-state index is -4.55. The Morgan fingerprint density at radius 1 is 1.32 bits per heavy atom. The van der Waals surface area contributed by atoms with E-state index < -0.39 is 11.9 Å². The Morgan fingerprint density at radius 2 is 2.11 bits per heavy atom. The van der Waals surface area contributed by atoms with Crippen molar-refractivity contribution >= 4 is 11.6 Å². The summed E-state index contributed by atoms with van der Waals surface area (Å²) in [7, 11) is 3.31. The second-order valence-corrected chi connectivity index (χ2v) is 7.27. The number of aromatic nitrogens is 4. The highest BCUT2D eigenvalue weighted by molar-refractivity contribution is 5.78. The predicted octanol–water partition coefficient (Wildman–Crippen LogP) is 2.70. The molecule has 0 spiro atoms. The summed E-state index contributed by atoms with van der Waals surface area (Å²) in [5.74, 6) is 0. The van der Waals surface area contributed by atoms with Crippen LogP contribution in [0.2, 0.25) is 0 Å². The van der Waals surface area contributed by atoms with E-state index in [2.05, 4.69) is 21.6 Å². The van der Waals surface area contributed by atoms with Gasteiger partial charge in [-0.05, 0) is 30.9 Å². The van der Waals surface area contributed by atoms with Gasteiger partial charge in [-0.25, -0.2) is 4.79 Å². The summed E-state index contributed by atoms with van der Waals surface area (Å²) >= 11 is 0. The second kappa shape index (κ2) is 6.68. The maximum Gasteiger partial charge on any atom is 0.435 e. The fourth-order valence-electron chi connectivity index (χ4n) is 4.19. The molecule has 4 heterocycles. The van der Waals surface area contributed by atoms with Crippen LogP contribution in [-0.4, -0.2) is 42.6 Å². The molecule has 150 valence electrons. The summed E-state index contributed by atoms with van der Waals surface area (Å²) in [5, 5.41) is 10.3. The van der Waals surface area contributed by atoms with Crippen molar-refractivity contribution in [1.82, 2.24) is 29.8 Å². The number of carbonyl (C=O) groups is 1. The zero-order valence-corrected chi connectivity index (χ0v) is 15.6. The van der Waals surface area contributed by atoms with Gasteiger partial charge in [0.2, 0.25) is 0 Å². The van der Waals surface area contributed by atoms with Crippen LogP contribution in [-0.2, 0) is 26.8 Å². The molecule has 7 nitrogen and oxygen atoms in total. The Hall–Kier alpha value is -2.78. The third-order valence-corrected chi connectivity index (χ3v) is 5.38. The number of nitrogens with one attached hydrogen (secondary N) is 1. The van der Waals surface area contributed by atoms with E-state index in [0.717, 1.165) is 28.8 Å². The molecule has 2 atom stereocenters. The fraction of sp³-hybridized carbons (Fsp3) is 0.500. The van der Waals surface area contributed by atoms with Crippen LogP contribution in [0, 0.1) is 0 Å². The molecule has 2 aromatic heterocycles. The molecular formula is C18H21F3N6O. The van der Waals surface area contributed by atoms with E-state index in [1.54, 1.807) is 11.1 Å². The molecule has 2 unspecified atom stereocenters. The molecule has 2 aliphatic rings. The van der Waals surface area contributed by atoms with Crippen LogP contribution in [0.25, 0.3) is 5.57 Å². The number of urea groups is 1. The Bertz CT molecular complexity index is 928. The van der Waals surface area contributed by atoms with Crippen molar-refractivity contribution in [3.8, 4) is 0 Å². The van der Waals surface area contributed by atoms with Crippen molar-refractivity contribution in [2.75, 3.05) is 0 Å². The van der Waals surface area contributed by atoms with Crippen LogP contribution >= 0.6 is 0 Å². The lowest BCUT2D eigenvalue weighted by Gasteiger charge is -2.34. The van der Waals surface area contributed by atoms with E-state index >= 15 is 0 Å². The highest BCUT2D eigenvalue weighted by Crippen LogP contribution is 2.38. The first-order valence-electron chi connectivity index (χ1n) is 9.09. The molecule has 2 amide bonds. The monoisotopic (exact) mass is 394 g/mol. The molecule has 1 N–H and O–H groups in total. The van der Waals surface area contributed by atoms with Crippen molar-refractivity contribution in [1.29, 1.82) is 0 Å². The SMILES string of the molecule is Cn1cc(CNC(=O)N2C3C=C(c4ccnn4C)CC2CC3)c(C(F)(F)F)n1. The Morgan fingerprint density at radius 3 is 2.75 bits per heavy atom. The third-order valence-electron chi connectivity index (χ3n) is 5.38. The average Bonchev–Trinajstić information content (AvgIpc) is 3.28. The Kier molecular flexibility index (Phi) is 4.43. The van der Waals surface area contributed by atoms with Gasteiger partial charge in [0.25, 0.3) is 0 Å². The molecule has 10 heteroatoms. The van der Waals surface area contributed by atoms with Crippen molar-refractivity contribution < 1.29 is 18.0 Å². The van der Waals surface area contributed by atoms with Crippen LogP contribution in [0.4, 0.5) is 18.0 Å². The van der Waals surface area contributed by atoms with Gasteiger partial charge in [0, 0.05) is 44.6 Å². The van der Waals surface area contributed by atoms with E-state index in [1.807, 2.05) is 17.8 Å². The van der Waals surface area contributed by atoms with Crippen LogP contribution in [0.5, 0.6) is 0 Å². The van der Waals surface area contributed by atoms with Gasteiger partial charge in [0.1, 0.15) is 0 Å². The summed E-state index contributed by atoms with van der Waals surface area (Å²) in [4.78, 5) is 14.5. The quantitative estimate of drug-likeness (QED) is 0.871. The standard InChI is InChI=1S/C18H21F3N6O/c1-25-10-12(16(24-25)18(19,20)21)9-22-17(28)27-13-3-4-14(27)8-11(7-13)15-5-6-23-26(15)2/h5-7,10,13-14H,3-4,8-9H2,1-2H3,(H,22,28). The van der Waals surface area contributed by atoms with Gasteiger partial charge in [0.05, 0.1) is 11.7 Å². The number of alkyl halides is 3. The summed E-state index contributed by atoms with van der Waals surface area (Å²) < 4.78 is 42.1. The lowest BCUT2D eigenvalue weighted by Crippen LogP contribution is -2.48. The number of hydrogen-bond acceptors (Lipinski definition) is 3. The summed E-state index contributed by atoms with van der Waals surface area (Å²) in [6.07, 6.45) is 2.98. The molecule has 0 aliphatic carbocycles.